The van der Waals surface area contributed by atoms with Crippen LogP contribution in [0.4, 0.5) is 0 Å². The summed E-state index contributed by atoms with van der Waals surface area (Å²) in [5.74, 6) is 2.00. The minimum absolute atomic E-state index is 0.649. The number of nitrogens with zero attached hydrogens (tertiary/aromatic N) is 4. The standard InChI is InChI=1S/C46H28N4OS2/c1-2-11-27(12-3-1)43-48-44(50-45(49-43)34-18-10-21-38-41(34)33-15-4-6-20-37(33)51-38)29-14-8-13-28(25-29)31-16-9-17-32-35-26-30(23-24-39(35)52-42(31)32)46-47-36-19-5-7-22-40(36)53-46/h1-9,11-17,19-26H,10,18H2. The Labute approximate surface area is 311 Å². The molecule has 6 aromatic carbocycles. The normalized spacial score (nSPS) is 12.9. The van der Waals surface area contributed by atoms with Gasteiger partial charge in [0.05, 0.1) is 10.2 Å². The van der Waals surface area contributed by atoms with E-state index >= 15 is 0 Å². The molecule has 53 heavy (non-hydrogen) atoms. The van der Waals surface area contributed by atoms with Crippen molar-refractivity contribution in [1.82, 2.24) is 19.9 Å². The van der Waals surface area contributed by atoms with Gasteiger partial charge in [-0.25, -0.2) is 19.9 Å². The lowest BCUT2D eigenvalue weighted by Crippen LogP contribution is -2.27. The first kappa shape index (κ1) is 30.4. The molecular weight excluding hydrogens is 689 g/mol. The highest BCUT2D eigenvalue weighted by molar-refractivity contribution is 7.26. The zero-order valence-electron chi connectivity index (χ0n) is 28.3. The molecule has 0 unspecified atom stereocenters. The number of thiophene rings is 1. The van der Waals surface area contributed by atoms with Crippen LogP contribution in [0.5, 0.6) is 0 Å². The van der Waals surface area contributed by atoms with Crippen LogP contribution in [0.1, 0.15) is 18.7 Å². The fourth-order valence-electron chi connectivity index (χ4n) is 7.55. The van der Waals surface area contributed by atoms with Gasteiger partial charge < -0.3 is 4.42 Å². The number of rotatable bonds is 5. The summed E-state index contributed by atoms with van der Waals surface area (Å²) in [5, 5.41) is 5.71. The molecule has 250 valence electrons. The summed E-state index contributed by atoms with van der Waals surface area (Å²) in [4.78, 5) is 20.3. The van der Waals surface area contributed by atoms with Crippen LogP contribution in [0, 0.1) is 0 Å². The molecule has 0 amide bonds. The van der Waals surface area contributed by atoms with Crippen LogP contribution in [0.3, 0.4) is 0 Å². The van der Waals surface area contributed by atoms with E-state index in [1.807, 2.05) is 47.7 Å². The predicted octanol–water partition coefficient (Wildman–Crippen LogP) is 11.0. The Bertz CT molecular complexity index is 3160. The molecule has 5 nitrogen and oxygen atoms in total. The van der Waals surface area contributed by atoms with Gasteiger partial charge in [-0.05, 0) is 66.4 Å². The van der Waals surface area contributed by atoms with E-state index < -0.39 is 0 Å². The molecule has 11 rings (SSSR count). The Morgan fingerprint density at radius 2 is 1.26 bits per heavy atom. The maximum atomic E-state index is 6.29. The molecule has 0 atom stereocenters. The van der Waals surface area contributed by atoms with Crippen molar-refractivity contribution in [3.8, 4) is 44.5 Å². The molecule has 0 aliphatic heterocycles. The second-order valence-corrected chi connectivity index (χ2v) is 15.4. The van der Waals surface area contributed by atoms with Gasteiger partial charge in [-0.15, -0.1) is 22.7 Å². The average molecular weight is 717 g/mol. The second-order valence-electron chi connectivity index (χ2n) is 13.3. The van der Waals surface area contributed by atoms with Crippen LogP contribution in [0.2, 0.25) is 0 Å². The highest BCUT2D eigenvalue weighted by Gasteiger charge is 2.20. The largest absolute Gasteiger partial charge is 0.456 e. The van der Waals surface area contributed by atoms with E-state index in [0.29, 0.717) is 17.5 Å². The molecule has 0 N–H and O–H groups in total. The molecule has 4 aromatic heterocycles. The maximum Gasteiger partial charge on any atom is 0.164 e. The topological polar surface area (TPSA) is 64.7 Å². The molecule has 10 aromatic rings. The van der Waals surface area contributed by atoms with Gasteiger partial charge in [-0.2, -0.15) is 0 Å². The van der Waals surface area contributed by atoms with Gasteiger partial charge >= 0.3 is 0 Å². The van der Waals surface area contributed by atoms with Crippen LogP contribution >= 0.6 is 22.7 Å². The summed E-state index contributed by atoms with van der Waals surface area (Å²) in [6.07, 6.45) is 3.86. The lowest BCUT2D eigenvalue weighted by molar-refractivity contribution is 0.571. The Morgan fingerprint density at radius 3 is 2.19 bits per heavy atom. The second kappa shape index (κ2) is 12.2. The maximum absolute atomic E-state index is 6.29. The molecule has 0 saturated carbocycles. The number of furan rings is 1. The molecule has 1 aliphatic rings. The Kier molecular flexibility index (Phi) is 6.96. The van der Waals surface area contributed by atoms with Gasteiger partial charge in [0, 0.05) is 53.0 Å². The van der Waals surface area contributed by atoms with Crippen molar-refractivity contribution in [2.75, 3.05) is 0 Å². The third-order valence-corrected chi connectivity index (χ3v) is 12.4. The SMILES string of the molecule is C1=c2oc3ccccc3c2=C(c2nc(-c3ccccc3)nc(-c3cccc(-c4cccc5c4sc4ccc(-c6nc7ccccc7s6)cc45)c3)n2)CC1. The molecule has 0 saturated heterocycles. The van der Waals surface area contributed by atoms with E-state index in [-0.39, 0.29) is 0 Å². The quantitative estimate of drug-likeness (QED) is 0.177. The van der Waals surface area contributed by atoms with Crippen LogP contribution in [0.15, 0.2) is 144 Å². The number of benzene rings is 6. The van der Waals surface area contributed by atoms with E-state index in [1.54, 1.807) is 11.3 Å². The van der Waals surface area contributed by atoms with Crippen LogP contribution in [0.25, 0.3) is 97.5 Å². The van der Waals surface area contributed by atoms with Gasteiger partial charge in [-0.3, -0.25) is 0 Å². The minimum Gasteiger partial charge on any atom is -0.456 e. The molecule has 0 radical (unpaired) electrons. The lowest BCUT2D eigenvalue weighted by Gasteiger charge is -2.12. The summed E-state index contributed by atoms with van der Waals surface area (Å²) in [7, 11) is 0. The summed E-state index contributed by atoms with van der Waals surface area (Å²) in [5.41, 5.74) is 9.26. The lowest BCUT2D eigenvalue weighted by atomic mass is 9.99. The highest BCUT2D eigenvalue weighted by Crippen LogP contribution is 2.42. The fourth-order valence-corrected chi connectivity index (χ4v) is 9.73. The van der Waals surface area contributed by atoms with Crippen molar-refractivity contribution in [3.63, 3.8) is 0 Å². The van der Waals surface area contributed by atoms with Crippen molar-refractivity contribution in [3.05, 3.63) is 156 Å². The van der Waals surface area contributed by atoms with Gasteiger partial charge in [0.15, 0.2) is 17.5 Å². The first-order valence-electron chi connectivity index (χ1n) is 17.7. The van der Waals surface area contributed by atoms with Crippen LogP contribution in [-0.4, -0.2) is 19.9 Å². The van der Waals surface area contributed by atoms with E-state index in [0.717, 1.165) is 72.8 Å². The smallest absolute Gasteiger partial charge is 0.164 e. The monoisotopic (exact) mass is 716 g/mol. The Hall–Kier alpha value is -6.28. The molecule has 7 heteroatoms. The fraction of sp³-hybridized carbons (Fsp3) is 0.0435. The number of hydrogen-bond acceptors (Lipinski definition) is 7. The molecule has 0 spiro atoms. The molecule has 4 heterocycles. The first-order valence-corrected chi connectivity index (χ1v) is 19.3. The zero-order valence-corrected chi connectivity index (χ0v) is 29.9. The molecule has 1 aliphatic carbocycles. The number of thiazole rings is 1. The van der Waals surface area contributed by atoms with E-state index in [4.69, 9.17) is 24.4 Å². The number of fused-ring (bicyclic) bond motifs is 7. The van der Waals surface area contributed by atoms with Gasteiger partial charge in [0.2, 0.25) is 0 Å². The van der Waals surface area contributed by atoms with E-state index in [9.17, 15) is 0 Å². The van der Waals surface area contributed by atoms with Gasteiger partial charge in [0.25, 0.3) is 0 Å². The van der Waals surface area contributed by atoms with E-state index in [2.05, 4.69) is 109 Å². The van der Waals surface area contributed by atoms with Gasteiger partial charge in [0.1, 0.15) is 16.0 Å². The van der Waals surface area contributed by atoms with E-state index in [1.165, 1.54) is 30.4 Å². The van der Waals surface area contributed by atoms with Crippen LogP contribution < -0.4 is 10.6 Å². The summed E-state index contributed by atoms with van der Waals surface area (Å²) in [6.45, 7) is 0. The number of aromatic nitrogens is 4. The number of hydrogen-bond donors (Lipinski definition) is 0. The highest BCUT2D eigenvalue weighted by atomic mass is 32.1. The summed E-state index contributed by atoms with van der Waals surface area (Å²) >= 11 is 3.58. The number of para-hydroxylation sites is 2. The first-order chi connectivity index (χ1) is 26.2. The van der Waals surface area contributed by atoms with Crippen molar-refractivity contribution in [2.45, 2.75) is 12.8 Å². The third-order valence-electron chi connectivity index (χ3n) is 10.1. The van der Waals surface area contributed by atoms with Crippen molar-refractivity contribution >= 4 is 75.7 Å². The molecule has 0 bridgehead atoms. The van der Waals surface area contributed by atoms with Crippen molar-refractivity contribution in [2.24, 2.45) is 0 Å². The third kappa shape index (κ3) is 5.11. The summed E-state index contributed by atoms with van der Waals surface area (Å²) < 4.78 is 10.0. The molecule has 0 fully saturated rings. The minimum atomic E-state index is 0.649. The van der Waals surface area contributed by atoms with Crippen LogP contribution in [-0.2, 0) is 0 Å². The van der Waals surface area contributed by atoms with Gasteiger partial charge in [-0.1, -0.05) is 103 Å². The molecular formula is C46H28N4OS2. The average Bonchev–Trinajstić information content (AvgIpc) is 3.94. The Morgan fingerprint density at radius 1 is 0.509 bits per heavy atom. The predicted molar refractivity (Wildman–Crippen MR) is 219 cm³/mol. The Balaban J connectivity index is 1.06. The van der Waals surface area contributed by atoms with Crippen molar-refractivity contribution < 1.29 is 4.42 Å². The summed E-state index contributed by atoms with van der Waals surface area (Å²) in [6, 6.07) is 48.7. The van der Waals surface area contributed by atoms with Crippen molar-refractivity contribution in [1.29, 1.82) is 0 Å². The zero-order chi connectivity index (χ0) is 34.9.